The number of para-hydroxylation sites is 1. The number of hydrogen-bond donors (Lipinski definition) is 1. The van der Waals surface area contributed by atoms with Gasteiger partial charge in [0.1, 0.15) is 0 Å². The monoisotopic (exact) mass is 949 g/mol. The summed E-state index contributed by atoms with van der Waals surface area (Å²) >= 11 is 0. The molecule has 0 aliphatic heterocycles. The zero-order chi connectivity index (χ0) is 49.6. The van der Waals surface area contributed by atoms with E-state index in [1.165, 1.54) is 5.57 Å². The summed E-state index contributed by atoms with van der Waals surface area (Å²) in [5, 5.41) is 3.94. The van der Waals surface area contributed by atoms with Crippen LogP contribution in [0.2, 0.25) is 0 Å². The number of benzene rings is 9. The molecule has 12 rings (SSSR count). The molecule has 0 fully saturated rings. The predicted molar refractivity (Wildman–Crippen MR) is 307 cm³/mol. The third-order valence-electron chi connectivity index (χ3n) is 13.7. The van der Waals surface area contributed by atoms with E-state index in [-0.39, 0.29) is 5.92 Å². The van der Waals surface area contributed by atoms with E-state index in [1.54, 1.807) is 0 Å². The zero-order valence-electron chi connectivity index (χ0n) is 41.0. The van der Waals surface area contributed by atoms with Crippen molar-refractivity contribution in [1.82, 2.24) is 19.9 Å². The Morgan fingerprint density at radius 1 is 0.338 bits per heavy atom. The third kappa shape index (κ3) is 9.75. The molecule has 0 spiro atoms. The summed E-state index contributed by atoms with van der Waals surface area (Å²) in [4.78, 5) is 20.8. The molecular weight excluding hydrogens is 899 g/mol. The Morgan fingerprint density at radius 3 is 1.19 bits per heavy atom. The van der Waals surface area contributed by atoms with Gasteiger partial charge in [-0.05, 0) is 94.3 Å². The number of aromatic nitrogens is 4. The van der Waals surface area contributed by atoms with Crippen LogP contribution in [0, 0.1) is 5.92 Å². The Labute approximate surface area is 433 Å². The van der Waals surface area contributed by atoms with E-state index < -0.39 is 0 Å². The maximum absolute atomic E-state index is 5.22. The second-order valence-electron chi connectivity index (χ2n) is 18.7. The average molecular weight is 950 g/mol. The summed E-state index contributed by atoms with van der Waals surface area (Å²) in [5.74, 6) is 1.58. The summed E-state index contributed by atoms with van der Waals surface area (Å²) in [6.07, 6.45) is 5.65. The smallest absolute Gasteiger partial charge is 0.160 e. The van der Waals surface area contributed by atoms with Crippen LogP contribution in [0.3, 0.4) is 0 Å². The van der Waals surface area contributed by atoms with E-state index in [2.05, 4.69) is 255 Å². The van der Waals surface area contributed by atoms with E-state index in [9.17, 15) is 0 Å². The van der Waals surface area contributed by atoms with Crippen molar-refractivity contribution in [3.63, 3.8) is 0 Å². The Kier molecular flexibility index (Phi) is 12.7. The molecule has 2 aromatic heterocycles. The molecular formula is C69H51N5. The molecule has 1 N–H and O–H groups in total. The van der Waals surface area contributed by atoms with Crippen molar-refractivity contribution in [2.24, 2.45) is 5.92 Å². The first-order valence-electron chi connectivity index (χ1n) is 25.3. The van der Waals surface area contributed by atoms with Gasteiger partial charge < -0.3 is 5.32 Å². The first-order valence-corrected chi connectivity index (χ1v) is 25.3. The zero-order valence-corrected chi connectivity index (χ0v) is 41.0. The highest BCUT2D eigenvalue weighted by atomic mass is 14.9. The number of nitrogens with one attached hydrogen (secondary N) is 1. The van der Waals surface area contributed by atoms with Gasteiger partial charge in [-0.1, -0.05) is 225 Å². The van der Waals surface area contributed by atoms with E-state index in [0.717, 1.165) is 113 Å². The van der Waals surface area contributed by atoms with Gasteiger partial charge in [-0.3, -0.25) is 0 Å². The minimum absolute atomic E-state index is 0.216. The minimum atomic E-state index is 0.216. The van der Waals surface area contributed by atoms with E-state index in [1.807, 2.05) is 24.3 Å². The van der Waals surface area contributed by atoms with Crippen LogP contribution in [0.4, 0.5) is 11.4 Å². The predicted octanol–water partition coefficient (Wildman–Crippen LogP) is 17.9. The molecule has 9 aromatic carbocycles. The molecule has 0 saturated carbocycles. The summed E-state index contributed by atoms with van der Waals surface area (Å²) in [5.41, 5.74) is 20.7. The van der Waals surface area contributed by atoms with Gasteiger partial charge >= 0.3 is 0 Å². The van der Waals surface area contributed by atoms with Crippen LogP contribution < -0.4 is 5.32 Å². The fraction of sp³-hybridized carbons (Fsp3) is 0.0435. The van der Waals surface area contributed by atoms with Crippen molar-refractivity contribution in [1.29, 1.82) is 0 Å². The summed E-state index contributed by atoms with van der Waals surface area (Å²) in [6, 6.07) is 88.9. The number of rotatable bonds is 12. The molecule has 11 aromatic rings. The number of nitrogens with zero attached hydrogens (tertiary/aromatic N) is 4. The van der Waals surface area contributed by atoms with Gasteiger partial charge in [0.15, 0.2) is 11.6 Å². The molecule has 5 heteroatoms. The average Bonchev–Trinajstić information content (AvgIpc) is 3.49. The first-order chi connectivity index (χ1) is 36.6. The molecule has 0 radical (unpaired) electrons. The molecule has 0 amide bonds. The Morgan fingerprint density at radius 2 is 0.716 bits per heavy atom. The van der Waals surface area contributed by atoms with E-state index in [0.29, 0.717) is 11.6 Å². The second kappa shape index (κ2) is 20.6. The summed E-state index contributed by atoms with van der Waals surface area (Å²) in [6.45, 7) is 2.34. The highest BCUT2D eigenvalue weighted by molar-refractivity contribution is 5.98. The highest BCUT2D eigenvalue weighted by Gasteiger charge is 2.24. The largest absolute Gasteiger partial charge is 0.355 e. The Hall–Kier alpha value is -9.58. The fourth-order valence-corrected chi connectivity index (χ4v) is 9.88. The molecule has 1 atom stereocenters. The lowest BCUT2D eigenvalue weighted by atomic mass is 9.80. The lowest BCUT2D eigenvalue weighted by molar-refractivity contribution is 0.761. The van der Waals surface area contributed by atoms with Crippen molar-refractivity contribution in [2.45, 2.75) is 13.3 Å². The SMILES string of the molecule is CC1CC=C(c2cccc(-c3nc(-c4ccccc4)cc(-c4ccccc4)n3)c2)C=C1c1cc(-c2cccc(-c3nc(-c4ccccc4)cc(-c4ccccc4)n3)c2)cc(-c2ccccc2)c1Nc1ccccc1. The fourth-order valence-electron chi connectivity index (χ4n) is 9.88. The van der Waals surface area contributed by atoms with Gasteiger partial charge in [-0.2, -0.15) is 0 Å². The normalized spacial score (nSPS) is 13.2. The number of allylic oxidation sites excluding steroid dienone is 4. The van der Waals surface area contributed by atoms with Gasteiger partial charge in [0.05, 0.1) is 28.5 Å². The topological polar surface area (TPSA) is 63.6 Å². The summed E-state index contributed by atoms with van der Waals surface area (Å²) in [7, 11) is 0. The van der Waals surface area contributed by atoms with Crippen LogP contribution in [0.1, 0.15) is 24.5 Å². The van der Waals surface area contributed by atoms with Crippen molar-refractivity contribution in [3.8, 4) is 90.1 Å². The molecule has 0 saturated heterocycles. The third-order valence-corrected chi connectivity index (χ3v) is 13.7. The maximum atomic E-state index is 5.22. The van der Waals surface area contributed by atoms with Crippen molar-refractivity contribution < 1.29 is 0 Å². The van der Waals surface area contributed by atoms with Gasteiger partial charge in [0, 0.05) is 50.2 Å². The molecule has 0 bridgehead atoms. The Bertz CT molecular complexity index is 3700. The van der Waals surface area contributed by atoms with Gasteiger partial charge in [0.25, 0.3) is 0 Å². The molecule has 1 aliphatic carbocycles. The van der Waals surface area contributed by atoms with Crippen LogP contribution in [-0.2, 0) is 0 Å². The molecule has 2 heterocycles. The van der Waals surface area contributed by atoms with Crippen LogP contribution in [0.5, 0.6) is 0 Å². The lowest BCUT2D eigenvalue weighted by Gasteiger charge is -2.26. The maximum Gasteiger partial charge on any atom is 0.160 e. The van der Waals surface area contributed by atoms with Crippen LogP contribution in [0.15, 0.2) is 267 Å². The summed E-state index contributed by atoms with van der Waals surface area (Å²) < 4.78 is 0. The quantitative estimate of drug-likeness (QED) is 0.132. The molecule has 1 unspecified atom stereocenters. The van der Waals surface area contributed by atoms with Crippen LogP contribution in [0.25, 0.3) is 101 Å². The van der Waals surface area contributed by atoms with E-state index >= 15 is 0 Å². The Balaban J connectivity index is 0.996. The van der Waals surface area contributed by atoms with E-state index in [4.69, 9.17) is 19.9 Å². The molecule has 5 nitrogen and oxygen atoms in total. The standard InChI is InChI=1S/C69H51N5/c1-47-38-39-55(53-32-20-34-56(40-53)68-71-63(49-24-10-3-11-25-49)45-64(72-68)50-26-12-4-13-27-50)42-60(47)62-44-58(43-61(48-22-8-2-9-23-48)67(62)70-59-36-18-7-19-37-59)54-33-21-35-57(41-54)69-73-65(51-28-14-5-15-29-51)46-66(74-69)52-30-16-6-17-31-52/h2-37,39-47,70H,38H2,1H3. The van der Waals surface area contributed by atoms with Crippen LogP contribution >= 0.6 is 0 Å². The minimum Gasteiger partial charge on any atom is -0.355 e. The highest BCUT2D eigenvalue weighted by Crippen LogP contribution is 2.46. The van der Waals surface area contributed by atoms with Crippen molar-refractivity contribution in [2.75, 3.05) is 5.32 Å². The van der Waals surface area contributed by atoms with Crippen molar-refractivity contribution >= 4 is 22.5 Å². The van der Waals surface area contributed by atoms with Crippen molar-refractivity contribution in [3.05, 3.63) is 278 Å². The molecule has 352 valence electrons. The lowest BCUT2D eigenvalue weighted by Crippen LogP contribution is -2.07. The molecule has 74 heavy (non-hydrogen) atoms. The second-order valence-corrected chi connectivity index (χ2v) is 18.7. The molecule has 1 aliphatic rings. The van der Waals surface area contributed by atoms with Gasteiger partial charge in [0.2, 0.25) is 0 Å². The van der Waals surface area contributed by atoms with Crippen LogP contribution in [-0.4, -0.2) is 19.9 Å². The van der Waals surface area contributed by atoms with Gasteiger partial charge in [-0.25, -0.2) is 19.9 Å². The first kappa shape index (κ1) is 45.6. The van der Waals surface area contributed by atoms with Gasteiger partial charge in [-0.15, -0.1) is 0 Å². The number of hydrogen-bond acceptors (Lipinski definition) is 5. The number of anilines is 2.